The molecule has 0 aliphatic carbocycles. The van der Waals surface area contributed by atoms with Gasteiger partial charge in [0.15, 0.2) is 5.78 Å². The highest BCUT2D eigenvalue weighted by Crippen LogP contribution is 2.07. The number of aromatic nitrogens is 1. The van der Waals surface area contributed by atoms with Gasteiger partial charge in [0.2, 0.25) is 0 Å². The SMILES string of the molecule is CCc1cncc(C(=O)CNC(=O)OC(C)(C)C)c1. The van der Waals surface area contributed by atoms with Crippen LogP contribution in [0.25, 0.3) is 0 Å². The molecule has 0 aliphatic rings. The molecule has 19 heavy (non-hydrogen) atoms. The summed E-state index contributed by atoms with van der Waals surface area (Å²) in [6.45, 7) is 7.20. The minimum atomic E-state index is -0.597. The van der Waals surface area contributed by atoms with Crippen molar-refractivity contribution in [2.45, 2.75) is 39.7 Å². The number of alkyl carbamates (subject to hydrolysis) is 1. The number of Topliss-reactive ketones (excluding diaryl/α,β-unsaturated/α-hetero) is 1. The van der Waals surface area contributed by atoms with Crippen molar-refractivity contribution in [3.8, 4) is 0 Å². The molecule has 0 aliphatic heterocycles. The molecule has 0 unspecified atom stereocenters. The molecule has 0 bridgehead atoms. The first-order valence-corrected chi connectivity index (χ1v) is 6.26. The number of amides is 1. The predicted molar refractivity (Wildman–Crippen MR) is 72.2 cm³/mol. The van der Waals surface area contributed by atoms with Gasteiger partial charge in [-0.15, -0.1) is 0 Å². The Morgan fingerprint density at radius 2 is 2.00 bits per heavy atom. The third-order valence-electron chi connectivity index (χ3n) is 2.32. The maximum atomic E-state index is 11.9. The molecule has 1 aromatic rings. The highest BCUT2D eigenvalue weighted by molar-refractivity contribution is 5.98. The zero-order valence-electron chi connectivity index (χ0n) is 11.8. The number of rotatable bonds is 4. The van der Waals surface area contributed by atoms with Gasteiger partial charge < -0.3 is 10.1 Å². The van der Waals surface area contributed by atoms with Crippen LogP contribution in [0.15, 0.2) is 18.5 Å². The summed E-state index contributed by atoms with van der Waals surface area (Å²) < 4.78 is 5.05. The van der Waals surface area contributed by atoms with E-state index in [0.29, 0.717) is 5.56 Å². The van der Waals surface area contributed by atoms with Crippen LogP contribution in [0, 0.1) is 0 Å². The van der Waals surface area contributed by atoms with Gasteiger partial charge in [0.25, 0.3) is 0 Å². The van der Waals surface area contributed by atoms with Gasteiger partial charge in [-0.05, 0) is 38.8 Å². The number of ether oxygens (including phenoxy) is 1. The Labute approximate surface area is 113 Å². The van der Waals surface area contributed by atoms with E-state index < -0.39 is 11.7 Å². The summed E-state index contributed by atoms with van der Waals surface area (Å²) in [6.07, 6.45) is 3.43. The first-order valence-electron chi connectivity index (χ1n) is 6.26. The molecule has 5 nitrogen and oxygen atoms in total. The number of nitrogens with one attached hydrogen (secondary N) is 1. The zero-order chi connectivity index (χ0) is 14.5. The normalized spacial score (nSPS) is 10.9. The van der Waals surface area contributed by atoms with Crippen molar-refractivity contribution in [1.82, 2.24) is 10.3 Å². The molecule has 0 saturated carbocycles. The largest absolute Gasteiger partial charge is 0.444 e. The van der Waals surface area contributed by atoms with E-state index >= 15 is 0 Å². The molecule has 1 rings (SSSR count). The van der Waals surface area contributed by atoms with Crippen LogP contribution in [-0.4, -0.2) is 29.0 Å². The second kappa shape index (κ2) is 6.31. The number of carbonyl (C=O) groups excluding carboxylic acids is 2. The summed E-state index contributed by atoms with van der Waals surface area (Å²) in [5, 5.41) is 2.44. The molecule has 0 radical (unpaired) electrons. The van der Waals surface area contributed by atoms with Gasteiger partial charge in [-0.25, -0.2) is 4.79 Å². The van der Waals surface area contributed by atoms with Crippen molar-refractivity contribution in [2.75, 3.05) is 6.54 Å². The highest BCUT2D eigenvalue weighted by Gasteiger charge is 2.17. The summed E-state index contributed by atoms with van der Waals surface area (Å²) in [5.41, 5.74) is 0.912. The first kappa shape index (κ1) is 15.1. The first-order chi connectivity index (χ1) is 8.81. The second-order valence-corrected chi connectivity index (χ2v) is 5.21. The van der Waals surface area contributed by atoms with Crippen LogP contribution in [0.5, 0.6) is 0 Å². The van der Waals surface area contributed by atoms with E-state index in [4.69, 9.17) is 4.74 Å². The third-order valence-corrected chi connectivity index (χ3v) is 2.32. The van der Waals surface area contributed by atoms with E-state index in [9.17, 15) is 9.59 Å². The lowest BCUT2D eigenvalue weighted by Gasteiger charge is -2.19. The van der Waals surface area contributed by atoms with Gasteiger partial charge in [-0.1, -0.05) is 6.92 Å². The quantitative estimate of drug-likeness (QED) is 0.848. The van der Waals surface area contributed by atoms with Crippen LogP contribution < -0.4 is 5.32 Å². The van der Waals surface area contributed by atoms with Crippen LogP contribution in [0.1, 0.15) is 43.6 Å². The molecule has 5 heteroatoms. The Hall–Kier alpha value is -1.91. The van der Waals surface area contributed by atoms with Crippen LogP contribution in [0.4, 0.5) is 4.79 Å². The summed E-state index contributed by atoms with van der Waals surface area (Å²) in [7, 11) is 0. The van der Waals surface area contributed by atoms with Gasteiger partial charge in [0.05, 0.1) is 6.54 Å². The molecular weight excluding hydrogens is 244 g/mol. The van der Waals surface area contributed by atoms with Gasteiger partial charge in [-0.3, -0.25) is 9.78 Å². The highest BCUT2D eigenvalue weighted by atomic mass is 16.6. The second-order valence-electron chi connectivity index (χ2n) is 5.21. The monoisotopic (exact) mass is 264 g/mol. The topological polar surface area (TPSA) is 68.3 Å². The van der Waals surface area contributed by atoms with Crippen LogP contribution in [0.2, 0.25) is 0 Å². The van der Waals surface area contributed by atoms with E-state index in [1.54, 1.807) is 33.0 Å². The fourth-order valence-electron chi connectivity index (χ4n) is 1.40. The molecular formula is C14H20N2O3. The zero-order valence-corrected chi connectivity index (χ0v) is 11.8. The standard InChI is InChI=1S/C14H20N2O3/c1-5-10-6-11(8-15-7-10)12(17)9-16-13(18)19-14(2,3)4/h6-8H,5,9H2,1-4H3,(H,16,18). The Kier molecular flexibility index (Phi) is 5.03. The van der Waals surface area contributed by atoms with E-state index in [1.165, 1.54) is 6.20 Å². The van der Waals surface area contributed by atoms with Crippen LogP contribution >= 0.6 is 0 Å². The number of aryl methyl sites for hydroxylation is 1. The van der Waals surface area contributed by atoms with E-state index in [0.717, 1.165) is 12.0 Å². The number of nitrogens with zero attached hydrogens (tertiary/aromatic N) is 1. The fourth-order valence-corrected chi connectivity index (χ4v) is 1.40. The fraction of sp³-hybridized carbons (Fsp3) is 0.500. The summed E-state index contributed by atoms with van der Waals surface area (Å²) in [4.78, 5) is 27.3. The molecule has 1 heterocycles. The average Bonchev–Trinajstić information content (AvgIpc) is 2.34. The van der Waals surface area contributed by atoms with Gasteiger partial charge >= 0.3 is 6.09 Å². The number of pyridine rings is 1. The number of carbonyl (C=O) groups is 2. The lowest BCUT2D eigenvalue weighted by Crippen LogP contribution is -2.35. The van der Waals surface area contributed by atoms with Crippen molar-refractivity contribution < 1.29 is 14.3 Å². The smallest absolute Gasteiger partial charge is 0.408 e. The van der Waals surface area contributed by atoms with Gasteiger partial charge in [0.1, 0.15) is 5.60 Å². The van der Waals surface area contributed by atoms with Gasteiger partial charge in [0, 0.05) is 18.0 Å². The van der Waals surface area contributed by atoms with E-state index in [1.807, 2.05) is 6.92 Å². The van der Waals surface area contributed by atoms with E-state index in [-0.39, 0.29) is 12.3 Å². The molecule has 0 saturated heterocycles. The Morgan fingerprint density at radius 3 is 2.58 bits per heavy atom. The molecule has 1 aromatic heterocycles. The molecule has 0 fully saturated rings. The Morgan fingerprint density at radius 1 is 1.32 bits per heavy atom. The molecule has 1 N–H and O–H groups in total. The average molecular weight is 264 g/mol. The molecule has 0 atom stereocenters. The van der Waals surface area contributed by atoms with E-state index in [2.05, 4.69) is 10.3 Å². The van der Waals surface area contributed by atoms with Crippen LogP contribution in [-0.2, 0) is 11.2 Å². The molecule has 0 aromatic carbocycles. The maximum absolute atomic E-state index is 11.9. The van der Waals surface area contributed by atoms with Crippen molar-refractivity contribution in [2.24, 2.45) is 0 Å². The lowest BCUT2D eigenvalue weighted by molar-refractivity contribution is 0.0520. The summed E-state index contributed by atoms with van der Waals surface area (Å²) in [6, 6.07) is 1.78. The number of hydrogen-bond acceptors (Lipinski definition) is 4. The number of hydrogen-bond donors (Lipinski definition) is 1. The number of ketones is 1. The minimum Gasteiger partial charge on any atom is -0.444 e. The summed E-state index contributed by atoms with van der Waals surface area (Å²) >= 11 is 0. The molecule has 1 amide bonds. The van der Waals surface area contributed by atoms with Crippen molar-refractivity contribution in [3.05, 3.63) is 29.6 Å². The minimum absolute atomic E-state index is 0.0935. The van der Waals surface area contributed by atoms with Crippen LogP contribution in [0.3, 0.4) is 0 Å². The summed E-state index contributed by atoms with van der Waals surface area (Å²) in [5.74, 6) is -0.186. The predicted octanol–water partition coefficient (Wildman–Crippen LogP) is 2.35. The molecule has 0 spiro atoms. The molecule has 104 valence electrons. The lowest BCUT2D eigenvalue weighted by atomic mass is 10.1. The Balaban J connectivity index is 2.53. The maximum Gasteiger partial charge on any atom is 0.408 e. The third kappa shape index (κ3) is 5.50. The van der Waals surface area contributed by atoms with Crippen molar-refractivity contribution in [1.29, 1.82) is 0 Å². The Bertz CT molecular complexity index is 464. The van der Waals surface area contributed by atoms with Crippen molar-refractivity contribution in [3.63, 3.8) is 0 Å². The van der Waals surface area contributed by atoms with Crippen molar-refractivity contribution >= 4 is 11.9 Å². The van der Waals surface area contributed by atoms with Gasteiger partial charge in [-0.2, -0.15) is 0 Å².